The molecule has 1 unspecified atom stereocenters. The predicted octanol–water partition coefficient (Wildman–Crippen LogP) is 1.88. The summed E-state index contributed by atoms with van der Waals surface area (Å²) in [5.74, 6) is 0.961. The lowest BCUT2D eigenvalue weighted by atomic mass is 10.2. The van der Waals surface area contributed by atoms with Gasteiger partial charge in [0.2, 0.25) is 0 Å². The molecule has 1 atom stereocenters. The van der Waals surface area contributed by atoms with Crippen LogP contribution >= 0.6 is 11.6 Å². The molecule has 72 valence electrons. The first kappa shape index (κ1) is 10.1. The van der Waals surface area contributed by atoms with E-state index in [1.165, 1.54) is 6.26 Å². The molecule has 0 bridgehead atoms. The SMILES string of the molecule is CC(CCl)CNC(=O)c1ccco1. The first-order chi connectivity index (χ1) is 6.24. The normalized spacial score (nSPS) is 12.5. The summed E-state index contributed by atoms with van der Waals surface area (Å²) in [5.41, 5.74) is 0. The Labute approximate surface area is 82.1 Å². The molecule has 0 aliphatic heterocycles. The zero-order valence-corrected chi connectivity index (χ0v) is 8.17. The van der Waals surface area contributed by atoms with Gasteiger partial charge in [-0.2, -0.15) is 0 Å². The van der Waals surface area contributed by atoms with Crippen LogP contribution in [0, 0.1) is 5.92 Å². The molecule has 4 heteroatoms. The second kappa shape index (κ2) is 4.92. The van der Waals surface area contributed by atoms with E-state index < -0.39 is 0 Å². The zero-order chi connectivity index (χ0) is 9.68. The summed E-state index contributed by atoms with van der Waals surface area (Å²) in [6, 6.07) is 3.31. The molecule has 1 N–H and O–H groups in total. The Morgan fingerprint density at radius 3 is 3.08 bits per heavy atom. The van der Waals surface area contributed by atoms with Crippen LogP contribution in [-0.2, 0) is 0 Å². The molecule has 0 saturated heterocycles. The fraction of sp³-hybridized carbons (Fsp3) is 0.444. The van der Waals surface area contributed by atoms with Crippen LogP contribution in [0.25, 0.3) is 0 Å². The fourth-order valence-corrected chi connectivity index (χ4v) is 0.925. The average molecular weight is 202 g/mol. The van der Waals surface area contributed by atoms with E-state index in [0.29, 0.717) is 18.2 Å². The molecule has 0 fully saturated rings. The van der Waals surface area contributed by atoms with Crippen molar-refractivity contribution >= 4 is 17.5 Å². The second-order valence-electron chi connectivity index (χ2n) is 2.95. The lowest BCUT2D eigenvalue weighted by molar-refractivity contribution is 0.0921. The Morgan fingerprint density at radius 1 is 1.77 bits per heavy atom. The van der Waals surface area contributed by atoms with Crippen LogP contribution in [0.5, 0.6) is 0 Å². The van der Waals surface area contributed by atoms with Gasteiger partial charge in [0.1, 0.15) is 0 Å². The van der Waals surface area contributed by atoms with Gasteiger partial charge in [0.05, 0.1) is 6.26 Å². The number of alkyl halides is 1. The quantitative estimate of drug-likeness (QED) is 0.756. The molecule has 0 saturated carbocycles. The Hall–Kier alpha value is -0.960. The van der Waals surface area contributed by atoms with E-state index >= 15 is 0 Å². The minimum atomic E-state index is -0.193. The van der Waals surface area contributed by atoms with Crippen LogP contribution in [0.2, 0.25) is 0 Å². The largest absolute Gasteiger partial charge is 0.459 e. The van der Waals surface area contributed by atoms with E-state index in [1.54, 1.807) is 12.1 Å². The van der Waals surface area contributed by atoms with E-state index in [0.717, 1.165) is 0 Å². The number of amides is 1. The van der Waals surface area contributed by atoms with E-state index in [1.807, 2.05) is 6.92 Å². The standard InChI is InChI=1S/C9H12ClNO2/c1-7(5-10)6-11-9(12)8-3-2-4-13-8/h2-4,7H,5-6H2,1H3,(H,11,12). The number of hydrogen-bond donors (Lipinski definition) is 1. The van der Waals surface area contributed by atoms with Crippen LogP contribution in [0.3, 0.4) is 0 Å². The van der Waals surface area contributed by atoms with Crippen LogP contribution in [0.15, 0.2) is 22.8 Å². The van der Waals surface area contributed by atoms with Gasteiger partial charge in [0.15, 0.2) is 5.76 Å². The monoisotopic (exact) mass is 201 g/mol. The van der Waals surface area contributed by atoms with Gasteiger partial charge in [-0.25, -0.2) is 0 Å². The van der Waals surface area contributed by atoms with Crippen molar-refractivity contribution in [3.63, 3.8) is 0 Å². The Balaban J connectivity index is 2.35. The van der Waals surface area contributed by atoms with Crippen molar-refractivity contribution in [1.82, 2.24) is 5.32 Å². The molecule has 0 aliphatic carbocycles. The molecule has 3 nitrogen and oxygen atoms in total. The third kappa shape index (κ3) is 3.11. The van der Waals surface area contributed by atoms with Crippen molar-refractivity contribution in [1.29, 1.82) is 0 Å². The number of nitrogens with one attached hydrogen (secondary N) is 1. The highest BCUT2D eigenvalue weighted by Gasteiger charge is 2.08. The van der Waals surface area contributed by atoms with Crippen molar-refractivity contribution in [2.45, 2.75) is 6.92 Å². The maximum absolute atomic E-state index is 11.3. The van der Waals surface area contributed by atoms with Crippen molar-refractivity contribution in [3.8, 4) is 0 Å². The van der Waals surface area contributed by atoms with E-state index in [2.05, 4.69) is 5.32 Å². The highest BCUT2D eigenvalue weighted by atomic mass is 35.5. The lowest BCUT2D eigenvalue weighted by Crippen LogP contribution is -2.28. The summed E-state index contributed by atoms with van der Waals surface area (Å²) in [4.78, 5) is 11.3. The first-order valence-electron chi connectivity index (χ1n) is 4.11. The van der Waals surface area contributed by atoms with Gasteiger partial charge < -0.3 is 9.73 Å². The van der Waals surface area contributed by atoms with E-state index in [-0.39, 0.29) is 11.8 Å². The highest BCUT2D eigenvalue weighted by molar-refractivity contribution is 6.18. The van der Waals surface area contributed by atoms with Gasteiger partial charge in [-0.15, -0.1) is 11.6 Å². The number of halogens is 1. The summed E-state index contributed by atoms with van der Waals surface area (Å²) in [6.07, 6.45) is 1.47. The third-order valence-corrected chi connectivity index (χ3v) is 2.15. The molecule has 0 radical (unpaired) electrons. The van der Waals surface area contributed by atoms with E-state index in [4.69, 9.17) is 16.0 Å². The highest BCUT2D eigenvalue weighted by Crippen LogP contribution is 2.00. The molecule has 1 amide bonds. The second-order valence-corrected chi connectivity index (χ2v) is 3.26. The summed E-state index contributed by atoms with van der Waals surface area (Å²) in [6.45, 7) is 2.54. The van der Waals surface area contributed by atoms with Crippen LogP contribution < -0.4 is 5.32 Å². The zero-order valence-electron chi connectivity index (χ0n) is 7.42. The molecule has 1 heterocycles. The maximum Gasteiger partial charge on any atom is 0.286 e. The Kier molecular flexibility index (Phi) is 3.83. The number of hydrogen-bond acceptors (Lipinski definition) is 2. The van der Waals surface area contributed by atoms with Crippen LogP contribution in [-0.4, -0.2) is 18.3 Å². The van der Waals surface area contributed by atoms with Crippen molar-refractivity contribution < 1.29 is 9.21 Å². The number of furan rings is 1. The Bertz CT molecular complexity index is 259. The maximum atomic E-state index is 11.3. The van der Waals surface area contributed by atoms with Crippen molar-refractivity contribution in [2.75, 3.05) is 12.4 Å². The summed E-state index contributed by atoms with van der Waals surface area (Å²) in [7, 11) is 0. The molecule has 0 aromatic carbocycles. The van der Waals surface area contributed by atoms with Gasteiger partial charge in [0, 0.05) is 12.4 Å². The number of rotatable bonds is 4. The predicted molar refractivity (Wildman–Crippen MR) is 50.9 cm³/mol. The molecule has 0 spiro atoms. The first-order valence-corrected chi connectivity index (χ1v) is 4.65. The lowest BCUT2D eigenvalue weighted by Gasteiger charge is -2.07. The van der Waals surface area contributed by atoms with Crippen molar-refractivity contribution in [3.05, 3.63) is 24.2 Å². The third-order valence-electron chi connectivity index (χ3n) is 1.62. The van der Waals surface area contributed by atoms with Gasteiger partial charge in [0.25, 0.3) is 5.91 Å². The smallest absolute Gasteiger partial charge is 0.286 e. The van der Waals surface area contributed by atoms with Crippen molar-refractivity contribution in [2.24, 2.45) is 5.92 Å². The Morgan fingerprint density at radius 2 is 2.54 bits per heavy atom. The van der Waals surface area contributed by atoms with Gasteiger partial charge in [-0.1, -0.05) is 6.92 Å². The number of carbonyl (C=O) groups excluding carboxylic acids is 1. The molecular weight excluding hydrogens is 190 g/mol. The van der Waals surface area contributed by atoms with Gasteiger partial charge >= 0.3 is 0 Å². The summed E-state index contributed by atoms with van der Waals surface area (Å²) < 4.78 is 4.92. The minimum Gasteiger partial charge on any atom is -0.459 e. The molecule has 1 aromatic heterocycles. The van der Waals surface area contributed by atoms with Crippen LogP contribution in [0.1, 0.15) is 17.5 Å². The van der Waals surface area contributed by atoms with Crippen LogP contribution in [0.4, 0.5) is 0 Å². The topological polar surface area (TPSA) is 42.2 Å². The molecule has 1 aromatic rings. The van der Waals surface area contributed by atoms with Gasteiger partial charge in [-0.3, -0.25) is 4.79 Å². The molecular formula is C9H12ClNO2. The molecule has 13 heavy (non-hydrogen) atoms. The summed E-state index contributed by atoms with van der Waals surface area (Å²) >= 11 is 5.59. The summed E-state index contributed by atoms with van der Waals surface area (Å²) in [5, 5.41) is 2.72. The number of carbonyl (C=O) groups is 1. The van der Waals surface area contributed by atoms with E-state index in [9.17, 15) is 4.79 Å². The molecule has 0 aliphatic rings. The average Bonchev–Trinajstić information content (AvgIpc) is 2.66. The van der Waals surface area contributed by atoms with Gasteiger partial charge in [-0.05, 0) is 18.1 Å². The molecule has 1 rings (SSSR count). The fourth-order valence-electron chi connectivity index (χ4n) is 0.816. The minimum absolute atomic E-state index is 0.193.